The molecule has 4 spiro atoms. The minimum Gasteiger partial charge on any atom is -0.497 e. The van der Waals surface area contributed by atoms with E-state index in [-0.39, 0.29) is 23.7 Å². The molecule has 0 saturated heterocycles. The number of aliphatic carboxylic acids is 1. The molecule has 12 rings (SSSR count). The maximum absolute atomic E-state index is 12.5. The summed E-state index contributed by atoms with van der Waals surface area (Å²) in [6.45, 7) is 4.87. The predicted octanol–water partition coefficient (Wildman–Crippen LogP) is 14.9. The predicted molar refractivity (Wildman–Crippen MR) is 330 cm³/mol. The second-order valence-corrected chi connectivity index (χ2v) is 29.6. The van der Waals surface area contributed by atoms with E-state index in [0.29, 0.717) is 78.6 Å². The Balaban J connectivity index is 0.000000153. The van der Waals surface area contributed by atoms with Crippen molar-refractivity contribution >= 4 is 59.2 Å². The molecule has 0 bridgehead atoms. The van der Waals surface area contributed by atoms with Crippen molar-refractivity contribution < 1.29 is 61.9 Å². The Morgan fingerprint density at radius 2 is 0.920 bits per heavy atom. The first kappa shape index (κ1) is 69.0. The van der Waals surface area contributed by atoms with Crippen LogP contribution in [0.25, 0.3) is 0 Å². The number of aromatic nitrogens is 9. The molecule has 8 aliphatic rings. The lowest BCUT2D eigenvalue weighted by Gasteiger charge is -2.37. The third-order valence-corrected chi connectivity index (χ3v) is 24.1. The molecule has 25 heteroatoms. The van der Waals surface area contributed by atoms with Gasteiger partial charge in [-0.05, 0) is 207 Å². The average molecular weight is 1290 g/mol. The number of alkyl halides is 3. The third kappa shape index (κ3) is 19.3. The fourth-order valence-electron chi connectivity index (χ4n) is 15.0. The Bertz CT molecular complexity index is 2810. The molecule has 19 nitrogen and oxygen atoms in total. The van der Waals surface area contributed by atoms with Crippen LogP contribution in [-0.4, -0.2) is 133 Å². The molecule has 3 aromatic heterocycles. The first-order valence-electron chi connectivity index (χ1n) is 32.2. The van der Waals surface area contributed by atoms with E-state index < -0.39 is 18.1 Å². The lowest BCUT2D eigenvalue weighted by Crippen LogP contribution is -2.26. The number of aromatic carboxylic acids is 1. The zero-order valence-electron chi connectivity index (χ0n) is 51.6. The first-order valence-corrected chi connectivity index (χ1v) is 34.9. The van der Waals surface area contributed by atoms with Crippen LogP contribution in [0.3, 0.4) is 0 Å². The van der Waals surface area contributed by atoms with Crippen LogP contribution in [0.5, 0.6) is 5.75 Å². The number of esters is 2. The Kier molecular flexibility index (Phi) is 25.4. The molecule has 0 radical (unpaired) electrons. The van der Waals surface area contributed by atoms with E-state index in [1.165, 1.54) is 193 Å². The van der Waals surface area contributed by atoms with Gasteiger partial charge >= 0.3 is 30.1 Å². The van der Waals surface area contributed by atoms with Crippen LogP contribution < -0.4 is 4.74 Å². The number of thioether (sulfide) groups is 3. The summed E-state index contributed by atoms with van der Waals surface area (Å²) < 4.78 is 49.1. The van der Waals surface area contributed by atoms with Crippen LogP contribution in [0.2, 0.25) is 0 Å². The zero-order valence-corrected chi connectivity index (χ0v) is 54.0. The number of benzene rings is 1. The molecule has 88 heavy (non-hydrogen) atoms. The number of aromatic amines is 2. The van der Waals surface area contributed by atoms with Gasteiger partial charge in [0.25, 0.3) is 0 Å². The first-order chi connectivity index (χ1) is 42.3. The standard InChI is InChI=1S/C23H31N3O3S.C15H23N3O2S.C13H19N3O2S.C10H18O.C2HF3O2/c1-3-29-22(27)20-21(30-19-10-14-23(15-11-19)12-4-5-13-23)26(25-24-20)16-17-6-8-18(28-2)9-7-17;1-2-20-14(19)12-13(17-18-16-12)21-11-5-9-15(10-6-11)7-3-4-8-15;17-12(18)10-11(15-16-14-10)19-9-3-7-13(8-4-9)5-1-2-6-13;11-9-3-7-10(8-4-9)5-1-2-6-10;3-2(4,5)1(6)7/h6-9,19H,3-5,10-16H2,1-2H3;11H,2-10H2,1H3,(H,16,17,18);9H,1-8H2,(H,17,18)(H,14,15,16);9,11H,1-8H2;(H,6,7). The molecule has 8 saturated carbocycles. The van der Waals surface area contributed by atoms with E-state index >= 15 is 0 Å². The summed E-state index contributed by atoms with van der Waals surface area (Å²) in [5, 5.41) is 58.3. The smallest absolute Gasteiger partial charge is 0.490 e. The van der Waals surface area contributed by atoms with Crippen LogP contribution >= 0.6 is 35.3 Å². The van der Waals surface area contributed by atoms with Crippen LogP contribution in [0.1, 0.15) is 256 Å². The minimum atomic E-state index is -5.08. The summed E-state index contributed by atoms with van der Waals surface area (Å²) in [4.78, 5) is 44.2. The number of H-pyrrole nitrogens is 2. The molecular weight excluding hydrogens is 1200 g/mol. The highest BCUT2D eigenvalue weighted by molar-refractivity contribution is 8.00. The second-order valence-electron chi connectivity index (χ2n) is 25.8. The Labute approximate surface area is 527 Å². The number of carbonyl (C=O) groups excluding carboxylic acids is 2. The van der Waals surface area contributed by atoms with Gasteiger partial charge in [-0.2, -0.15) is 23.6 Å². The quantitative estimate of drug-likeness (QED) is 0.0734. The summed E-state index contributed by atoms with van der Waals surface area (Å²) in [7, 11) is 1.66. The van der Waals surface area contributed by atoms with Crippen molar-refractivity contribution in [2.45, 2.75) is 269 Å². The largest absolute Gasteiger partial charge is 0.497 e. The van der Waals surface area contributed by atoms with Gasteiger partial charge in [0.1, 0.15) is 10.8 Å². The maximum atomic E-state index is 12.5. The van der Waals surface area contributed by atoms with Crippen molar-refractivity contribution in [1.82, 2.24) is 45.8 Å². The zero-order chi connectivity index (χ0) is 62.8. The van der Waals surface area contributed by atoms with Gasteiger partial charge in [-0.3, -0.25) is 0 Å². The number of aliphatic hydroxyl groups is 1. The molecule has 4 aromatic rings. The molecule has 0 amide bonds. The summed E-state index contributed by atoms with van der Waals surface area (Å²) in [5.41, 5.74) is 4.39. The van der Waals surface area contributed by atoms with Crippen molar-refractivity contribution in [3.63, 3.8) is 0 Å². The number of carbonyl (C=O) groups is 4. The van der Waals surface area contributed by atoms with E-state index in [4.69, 9.17) is 29.2 Å². The van der Waals surface area contributed by atoms with Gasteiger partial charge in [-0.1, -0.05) is 92.2 Å². The number of halogens is 3. The topological polar surface area (TPSA) is 271 Å². The van der Waals surface area contributed by atoms with E-state index in [1.807, 2.05) is 35.9 Å². The molecular formula is C63H92F3N9O10S3. The molecule has 0 atom stereocenters. The number of carboxylic acid groups (broad SMARTS) is 2. The number of nitrogens with one attached hydrogen (secondary N) is 2. The number of methoxy groups -OCH3 is 1. The normalized spacial score (nSPS) is 23.1. The van der Waals surface area contributed by atoms with Crippen molar-refractivity contribution in [2.75, 3.05) is 20.3 Å². The van der Waals surface area contributed by atoms with E-state index in [0.717, 1.165) is 29.2 Å². The molecule has 5 N–H and O–H groups in total. The van der Waals surface area contributed by atoms with Crippen LogP contribution in [-0.2, 0) is 20.8 Å². The fraction of sp³-hybridized carbons (Fsp3) is 0.746. The van der Waals surface area contributed by atoms with E-state index in [1.54, 1.807) is 49.3 Å². The summed E-state index contributed by atoms with van der Waals surface area (Å²) in [6, 6.07) is 7.91. The van der Waals surface area contributed by atoms with E-state index in [2.05, 4.69) is 41.1 Å². The Morgan fingerprint density at radius 1 is 0.557 bits per heavy atom. The highest BCUT2D eigenvalue weighted by Gasteiger charge is 2.42. The number of hydrogen-bond donors (Lipinski definition) is 5. The van der Waals surface area contributed by atoms with Gasteiger partial charge in [0, 0.05) is 15.7 Å². The van der Waals surface area contributed by atoms with Crippen LogP contribution in [0.4, 0.5) is 13.2 Å². The molecule has 0 aliphatic heterocycles. The monoisotopic (exact) mass is 1290 g/mol. The van der Waals surface area contributed by atoms with Crippen molar-refractivity contribution in [3.8, 4) is 5.75 Å². The Hall–Kier alpha value is -4.88. The van der Waals surface area contributed by atoms with Crippen molar-refractivity contribution in [1.29, 1.82) is 0 Å². The number of carboxylic acids is 2. The van der Waals surface area contributed by atoms with Gasteiger partial charge < -0.3 is 29.5 Å². The minimum absolute atomic E-state index is 0.0289. The molecule has 0 unspecified atom stereocenters. The molecule has 1 aromatic carbocycles. The average Bonchev–Trinajstić information content (AvgIpc) is 4.35. The van der Waals surface area contributed by atoms with Gasteiger partial charge in [0.2, 0.25) is 17.1 Å². The Morgan fingerprint density at radius 3 is 1.30 bits per heavy atom. The lowest BCUT2D eigenvalue weighted by molar-refractivity contribution is -0.192. The molecule has 8 aliphatic carbocycles. The second kappa shape index (κ2) is 32.4. The van der Waals surface area contributed by atoms with Crippen LogP contribution in [0, 0.1) is 21.7 Å². The summed E-state index contributed by atoms with van der Waals surface area (Å²) in [5.74, 6) is -3.70. The number of aliphatic hydroxyl groups excluding tert-OH is 1. The molecule has 8 fully saturated rings. The number of nitrogens with zero attached hydrogens (tertiary/aromatic N) is 7. The molecule has 3 heterocycles. The van der Waals surface area contributed by atoms with E-state index in [9.17, 15) is 32.7 Å². The number of hydrogen-bond acceptors (Lipinski definition) is 17. The lowest BCUT2D eigenvalue weighted by atomic mass is 9.72. The maximum Gasteiger partial charge on any atom is 0.490 e. The molecule has 488 valence electrons. The number of rotatable bonds is 14. The van der Waals surface area contributed by atoms with Gasteiger partial charge in [0.05, 0.1) is 33.0 Å². The van der Waals surface area contributed by atoms with Gasteiger partial charge in [-0.15, -0.1) is 37.3 Å². The third-order valence-electron chi connectivity index (χ3n) is 20.1. The fourth-order valence-corrected chi connectivity index (χ4v) is 18.5. The number of ether oxygens (including phenoxy) is 3. The highest BCUT2D eigenvalue weighted by Crippen LogP contribution is 2.54. The highest BCUT2D eigenvalue weighted by atomic mass is 32.2. The van der Waals surface area contributed by atoms with Crippen molar-refractivity contribution in [2.24, 2.45) is 21.7 Å². The summed E-state index contributed by atoms with van der Waals surface area (Å²) in [6.07, 6.45) is 37.3. The van der Waals surface area contributed by atoms with Gasteiger partial charge in [0.15, 0.2) is 10.1 Å². The van der Waals surface area contributed by atoms with Crippen molar-refractivity contribution in [3.05, 3.63) is 46.9 Å². The van der Waals surface area contributed by atoms with Gasteiger partial charge in [-0.25, -0.2) is 23.9 Å². The van der Waals surface area contributed by atoms with Crippen LogP contribution in [0.15, 0.2) is 39.3 Å². The SMILES string of the molecule is CCOC(=O)c1n[nH]nc1SC1CCC2(CCCC2)CC1.CCOC(=O)c1nnn(Cc2ccc(OC)cc2)c1SC1CCC2(CCCC2)CC1.O=C(O)C(F)(F)F.O=C(O)c1n[nH]nc1SC1CCC2(CCCC2)CC1.OC1CCC2(CCCC2)CC1. The summed E-state index contributed by atoms with van der Waals surface area (Å²) >= 11 is 5.03.